The van der Waals surface area contributed by atoms with Crippen LogP contribution in [0.2, 0.25) is 0 Å². The molecular formula is C11H14NO3. The minimum atomic E-state index is -0.405. The van der Waals surface area contributed by atoms with Crippen molar-refractivity contribution < 1.29 is 9.66 Å². The van der Waals surface area contributed by atoms with E-state index < -0.39 is 4.92 Å². The molecule has 0 bridgehead atoms. The van der Waals surface area contributed by atoms with Crippen LogP contribution < -0.4 is 4.74 Å². The lowest BCUT2D eigenvalue weighted by molar-refractivity contribution is -0.438. The molecule has 1 radical (unpaired) electrons. The smallest absolute Gasteiger partial charge is 0.279 e. The van der Waals surface area contributed by atoms with Crippen LogP contribution in [0.1, 0.15) is 19.3 Å². The van der Waals surface area contributed by atoms with Gasteiger partial charge in [0.15, 0.2) is 0 Å². The molecule has 0 saturated heterocycles. The summed E-state index contributed by atoms with van der Waals surface area (Å²) < 4.78 is 5.43. The molecule has 4 nitrogen and oxygen atoms in total. The molecule has 0 amide bonds. The highest BCUT2D eigenvalue weighted by molar-refractivity contribution is 5.20. The molecule has 0 aliphatic carbocycles. The Balaban J connectivity index is 2.00. The molecular weight excluding hydrogens is 194 g/mol. The van der Waals surface area contributed by atoms with Crippen LogP contribution in [0.5, 0.6) is 5.75 Å². The molecule has 0 aliphatic heterocycles. The lowest BCUT2D eigenvalue weighted by Gasteiger charge is -2.04. The van der Waals surface area contributed by atoms with Crippen LogP contribution in [-0.2, 0) is 0 Å². The standard InChI is InChI=1S/C11H14NO3/c13-12(14)9-5-2-6-10-15-11-7-3-1-4-8-11/h1,3-4,7-9H,2,5-6,10H2. The molecule has 0 heterocycles. The third-order valence-electron chi connectivity index (χ3n) is 1.89. The van der Waals surface area contributed by atoms with E-state index in [0.29, 0.717) is 13.0 Å². The highest BCUT2D eigenvalue weighted by Crippen LogP contribution is 2.09. The predicted octanol–water partition coefficient (Wildman–Crippen LogP) is 2.67. The van der Waals surface area contributed by atoms with E-state index >= 15 is 0 Å². The Hall–Kier alpha value is -1.58. The summed E-state index contributed by atoms with van der Waals surface area (Å²) in [6.45, 7) is 1.69. The van der Waals surface area contributed by atoms with Crippen LogP contribution in [0, 0.1) is 16.7 Å². The largest absolute Gasteiger partial charge is 0.494 e. The van der Waals surface area contributed by atoms with Crippen LogP contribution in [0.15, 0.2) is 30.3 Å². The minimum absolute atomic E-state index is 0.405. The predicted molar refractivity (Wildman–Crippen MR) is 57.1 cm³/mol. The quantitative estimate of drug-likeness (QED) is 0.393. The van der Waals surface area contributed by atoms with Crippen molar-refractivity contribution in [2.75, 3.05) is 6.61 Å². The number of unbranched alkanes of at least 4 members (excludes halogenated alkanes) is 2. The van der Waals surface area contributed by atoms with Crippen molar-refractivity contribution in [1.29, 1.82) is 0 Å². The van der Waals surface area contributed by atoms with E-state index in [1.807, 2.05) is 30.3 Å². The normalized spacial score (nSPS) is 9.87. The second-order valence-corrected chi connectivity index (χ2v) is 3.13. The maximum absolute atomic E-state index is 9.97. The summed E-state index contributed by atoms with van der Waals surface area (Å²) in [7, 11) is 0. The Morgan fingerprint density at radius 1 is 1.27 bits per heavy atom. The fourth-order valence-corrected chi connectivity index (χ4v) is 1.15. The first-order valence-electron chi connectivity index (χ1n) is 4.94. The van der Waals surface area contributed by atoms with E-state index in [1.165, 1.54) is 0 Å². The Bertz CT molecular complexity index is 287. The van der Waals surface area contributed by atoms with Gasteiger partial charge in [-0.1, -0.05) is 18.2 Å². The summed E-state index contributed by atoms with van der Waals surface area (Å²) in [5.74, 6) is 0.843. The van der Waals surface area contributed by atoms with E-state index in [0.717, 1.165) is 25.1 Å². The van der Waals surface area contributed by atoms with Gasteiger partial charge in [0.1, 0.15) is 5.75 Å². The Morgan fingerprint density at radius 3 is 2.67 bits per heavy atom. The molecule has 0 aliphatic rings. The lowest BCUT2D eigenvalue weighted by atomic mass is 10.2. The number of rotatable bonds is 7. The summed E-state index contributed by atoms with van der Waals surface area (Å²) in [5, 5.41) is 9.97. The topological polar surface area (TPSA) is 52.4 Å². The van der Waals surface area contributed by atoms with Gasteiger partial charge in [-0.25, -0.2) is 0 Å². The minimum Gasteiger partial charge on any atom is -0.494 e. The van der Waals surface area contributed by atoms with Crippen molar-refractivity contribution in [2.24, 2.45) is 0 Å². The molecule has 0 aromatic heterocycles. The molecule has 0 fully saturated rings. The fourth-order valence-electron chi connectivity index (χ4n) is 1.15. The van der Waals surface area contributed by atoms with Crippen molar-refractivity contribution in [3.05, 3.63) is 47.0 Å². The number of hydrogen-bond donors (Lipinski definition) is 0. The summed E-state index contributed by atoms with van der Waals surface area (Å²) in [6, 6.07) is 9.54. The number of benzene rings is 1. The van der Waals surface area contributed by atoms with Gasteiger partial charge in [0.25, 0.3) is 6.54 Å². The number of ether oxygens (including phenoxy) is 1. The van der Waals surface area contributed by atoms with Crippen molar-refractivity contribution in [3.8, 4) is 5.75 Å². The lowest BCUT2D eigenvalue weighted by Crippen LogP contribution is -1.98. The van der Waals surface area contributed by atoms with E-state index in [-0.39, 0.29) is 0 Å². The summed E-state index contributed by atoms with van der Waals surface area (Å²) >= 11 is 0. The molecule has 0 atom stereocenters. The Labute approximate surface area is 89.0 Å². The van der Waals surface area contributed by atoms with Gasteiger partial charge in [-0.2, -0.15) is 0 Å². The zero-order valence-corrected chi connectivity index (χ0v) is 8.46. The highest BCUT2D eigenvalue weighted by atomic mass is 16.6. The monoisotopic (exact) mass is 208 g/mol. The molecule has 0 unspecified atom stereocenters. The van der Waals surface area contributed by atoms with Crippen molar-refractivity contribution in [2.45, 2.75) is 19.3 Å². The van der Waals surface area contributed by atoms with E-state index in [1.54, 1.807) is 0 Å². The zero-order chi connectivity index (χ0) is 10.9. The molecule has 0 N–H and O–H groups in total. The summed E-state index contributed by atoms with van der Waals surface area (Å²) in [5.41, 5.74) is 0. The molecule has 1 aromatic rings. The van der Waals surface area contributed by atoms with Crippen molar-refractivity contribution in [1.82, 2.24) is 0 Å². The molecule has 81 valence electrons. The number of nitro groups is 1. The second-order valence-electron chi connectivity index (χ2n) is 3.13. The van der Waals surface area contributed by atoms with Crippen LogP contribution in [-0.4, -0.2) is 11.5 Å². The van der Waals surface area contributed by atoms with E-state index in [2.05, 4.69) is 0 Å². The van der Waals surface area contributed by atoms with Gasteiger partial charge in [0.2, 0.25) is 0 Å². The van der Waals surface area contributed by atoms with Crippen LogP contribution >= 0.6 is 0 Å². The van der Waals surface area contributed by atoms with Crippen LogP contribution in [0.4, 0.5) is 0 Å². The number of nitrogens with zero attached hydrogens (tertiary/aromatic N) is 1. The maximum atomic E-state index is 9.97. The first-order valence-corrected chi connectivity index (χ1v) is 4.94. The van der Waals surface area contributed by atoms with Gasteiger partial charge in [-0.3, -0.25) is 10.1 Å². The first-order chi connectivity index (χ1) is 7.29. The van der Waals surface area contributed by atoms with E-state index in [4.69, 9.17) is 4.74 Å². The SMILES string of the molecule is O=[N+]([O-])[CH]CCCCOc1ccccc1. The Kier molecular flexibility index (Phi) is 5.22. The van der Waals surface area contributed by atoms with Gasteiger partial charge in [-0.05, 0) is 25.0 Å². The summed E-state index contributed by atoms with van der Waals surface area (Å²) in [6.07, 6.45) is 2.12. The van der Waals surface area contributed by atoms with Crippen molar-refractivity contribution in [3.63, 3.8) is 0 Å². The van der Waals surface area contributed by atoms with Gasteiger partial charge in [0, 0.05) is 11.3 Å². The van der Waals surface area contributed by atoms with Gasteiger partial charge >= 0.3 is 0 Å². The van der Waals surface area contributed by atoms with Gasteiger partial charge < -0.3 is 4.74 Å². The molecule has 0 saturated carbocycles. The average molecular weight is 208 g/mol. The molecule has 4 heteroatoms. The third kappa shape index (κ3) is 5.67. The number of hydrogen-bond acceptors (Lipinski definition) is 3. The zero-order valence-electron chi connectivity index (χ0n) is 8.46. The first kappa shape index (κ1) is 11.5. The molecule has 15 heavy (non-hydrogen) atoms. The molecule has 1 rings (SSSR count). The molecule has 1 aromatic carbocycles. The second kappa shape index (κ2) is 6.81. The van der Waals surface area contributed by atoms with Gasteiger partial charge in [-0.15, -0.1) is 0 Å². The third-order valence-corrected chi connectivity index (χ3v) is 1.89. The maximum Gasteiger partial charge on any atom is 0.279 e. The Morgan fingerprint density at radius 2 is 2.00 bits per heavy atom. The highest BCUT2D eigenvalue weighted by Gasteiger charge is 1.98. The fraction of sp³-hybridized carbons (Fsp3) is 0.364. The van der Waals surface area contributed by atoms with Crippen molar-refractivity contribution >= 4 is 0 Å². The van der Waals surface area contributed by atoms with E-state index in [9.17, 15) is 10.1 Å². The van der Waals surface area contributed by atoms with Crippen LogP contribution in [0.25, 0.3) is 0 Å². The molecule has 0 spiro atoms. The number of para-hydroxylation sites is 1. The summed E-state index contributed by atoms with van der Waals surface area (Å²) in [4.78, 5) is 9.57. The van der Waals surface area contributed by atoms with Crippen LogP contribution in [0.3, 0.4) is 0 Å². The average Bonchev–Trinajstić information content (AvgIpc) is 2.24. The van der Waals surface area contributed by atoms with Gasteiger partial charge in [0.05, 0.1) is 6.61 Å².